The number of nitrogens with zero attached hydrogens (tertiary/aromatic N) is 1. The average Bonchev–Trinajstić information content (AvgIpc) is 2.49. The zero-order valence-electron chi connectivity index (χ0n) is 12.3. The van der Waals surface area contributed by atoms with Crippen LogP contribution in [0.15, 0.2) is 29.3 Å². The molecule has 20 heavy (non-hydrogen) atoms. The Morgan fingerprint density at radius 2 is 2.05 bits per heavy atom. The Hall–Kier alpha value is -1.71. The number of hydrogen-bond donors (Lipinski definition) is 2. The van der Waals surface area contributed by atoms with Gasteiger partial charge in [0.1, 0.15) is 5.75 Å². The molecular formula is C16H25N3O. The molecule has 0 unspecified atom stereocenters. The minimum atomic E-state index is 0.463. The van der Waals surface area contributed by atoms with E-state index in [-0.39, 0.29) is 0 Å². The van der Waals surface area contributed by atoms with E-state index in [2.05, 4.69) is 10.3 Å². The van der Waals surface area contributed by atoms with Gasteiger partial charge in [-0.15, -0.1) is 0 Å². The Bertz CT molecular complexity index is 439. The highest BCUT2D eigenvalue weighted by molar-refractivity contribution is 5.93. The summed E-state index contributed by atoms with van der Waals surface area (Å²) in [5, 5.41) is 3.10. The van der Waals surface area contributed by atoms with Crippen LogP contribution in [-0.2, 0) is 0 Å². The van der Waals surface area contributed by atoms with E-state index in [4.69, 9.17) is 10.5 Å². The molecule has 0 saturated heterocycles. The molecule has 0 bridgehead atoms. The number of benzene rings is 1. The lowest BCUT2D eigenvalue weighted by molar-refractivity contribution is 0.343. The fourth-order valence-electron chi connectivity index (χ4n) is 2.77. The number of anilines is 1. The van der Waals surface area contributed by atoms with Crippen molar-refractivity contribution in [2.45, 2.75) is 38.5 Å². The number of aliphatic imine (C=N–C) groups is 1. The van der Waals surface area contributed by atoms with E-state index in [1.54, 1.807) is 7.11 Å². The van der Waals surface area contributed by atoms with Crippen molar-refractivity contribution in [3.05, 3.63) is 24.3 Å². The molecule has 1 aliphatic carbocycles. The maximum Gasteiger partial charge on any atom is 0.193 e. The van der Waals surface area contributed by atoms with E-state index in [0.717, 1.165) is 30.3 Å². The maximum absolute atomic E-state index is 5.93. The number of guanidine groups is 1. The van der Waals surface area contributed by atoms with Gasteiger partial charge in [-0.05, 0) is 24.5 Å². The van der Waals surface area contributed by atoms with Gasteiger partial charge >= 0.3 is 0 Å². The van der Waals surface area contributed by atoms with Crippen molar-refractivity contribution in [3.8, 4) is 5.75 Å². The number of rotatable bonds is 5. The zero-order valence-corrected chi connectivity index (χ0v) is 12.3. The molecule has 0 spiro atoms. The summed E-state index contributed by atoms with van der Waals surface area (Å²) in [6, 6.07) is 7.71. The summed E-state index contributed by atoms with van der Waals surface area (Å²) in [7, 11) is 1.65. The largest absolute Gasteiger partial charge is 0.495 e. The highest BCUT2D eigenvalue weighted by Crippen LogP contribution is 2.26. The van der Waals surface area contributed by atoms with Gasteiger partial charge in [-0.3, -0.25) is 4.99 Å². The van der Waals surface area contributed by atoms with E-state index >= 15 is 0 Å². The van der Waals surface area contributed by atoms with E-state index < -0.39 is 0 Å². The predicted octanol–water partition coefficient (Wildman–Crippen LogP) is 3.39. The molecule has 0 atom stereocenters. The molecule has 2 rings (SSSR count). The lowest BCUT2D eigenvalue weighted by Gasteiger charge is -2.20. The molecule has 0 aliphatic heterocycles. The molecule has 1 aliphatic rings. The summed E-state index contributed by atoms with van der Waals surface area (Å²) in [4.78, 5) is 4.42. The van der Waals surface area contributed by atoms with Crippen LogP contribution in [0.2, 0.25) is 0 Å². The highest BCUT2D eigenvalue weighted by Gasteiger charge is 2.12. The first kappa shape index (κ1) is 14.7. The second-order valence-electron chi connectivity index (χ2n) is 5.38. The number of nitrogens with one attached hydrogen (secondary N) is 1. The molecular weight excluding hydrogens is 250 g/mol. The molecule has 0 aromatic heterocycles. The molecule has 1 aromatic rings. The summed E-state index contributed by atoms with van der Waals surface area (Å²) in [6.45, 7) is 0.804. The van der Waals surface area contributed by atoms with Crippen LogP contribution >= 0.6 is 0 Å². The van der Waals surface area contributed by atoms with Crippen molar-refractivity contribution in [2.75, 3.05) is 19.0 Å². The van der Waals surface area contributed by atoms with Crippen molar-refractivity contribution < 1.29 is 4.74 Å². The van der Waals surface area contributed by atoms with Crippen molar-refractivity contribution in [1.29, 1.82) is 0 Å². The number of methoxy groups -OCH3 is 1. The first-order valence-electron chi connectivity index (χ1n) is 7.49. The molecule has 110 valence electrons. The van der Waals surface area contributed by atoms with Gasteiger partial charge in [-0.1, -0.05) is 44.2 Å². The van der Waals surface area contributed by atoms with Crippen molar-refractivity contribution in [3.63, 3.8) is 0 Å². The van der Waals surface area contributed by atoms with Crippen LogP contribution in [0.4, 0.5) is 5.69 Å². The lowest BCUT2D eigenvalue weighted by Crippen LogP contribution is -2.23. The number of para-hydroxylation sites is 2. The third-order valence-corrected chi connectivity index (χ3v) is 3.91. The Morgan fingerprint density at radius 1 is 1.30 bits per heavy atom. The molecule has 1 aromatic carbocycles. The van der Waals surface area contributed by atoms with E-state index in [0.29, 0.717) is 5.96 Å². The molecule has 0 amide bonds. The molecule has 4 nitrogen and oxygen atoms in total. The van der Waals surface area contributed by atoms with Gasteiger partial charge in [-0.25, -0.2) is 0 Å². The zero-order chi connectivity index (χ0) is 14.2. The molecule has 0 radical (unpaired) electrons. The molecule has 0 heterocycles. The van der Waals surface area contributed by atoms with Crippen LogP contribution in [0.1, 0.15) is 38.5 Å². The highest BCUT2D eigenvalue weighted by atomic mass is 16.5. The van der Waals surface area contributed by atoms with Crippen molar-refractivity contribution in [1.82, 2.24) is 0 Å². The van der Waals surface area contributed by atoms with Crippen LogP contribution < -0.4 is 15.8 Å². The molecule has 1 fully saturated rings. The van der Waals surface area contributed by atoms with Gasteiger partial charge in [0.25, 0.3) is 0 Å². The third kappa shape index (κ3) is 4.44. The summed E-state index contributed by atoms with van der Waals surface area (Å²) in [5.74, 6) is 2.08. The molecule has 3 N–H and O–H groups in total. The van der Waals surface area contributed by atoms with Gasteiger partial charge in [0.2, 0.25) is 0 Å². The van der Waals surface area contributed by atoms with Crippen LogP contribution in [0.5, 0.6) is 5.75 Å². The summed E-state index contributed by atoms with van der Waals surface area (Å²) >= 11 is 0. The van der Waals surface area contributed by atoms with E-state index in [1.165, 1.54) is 32.1 Å². The van der Waals surface area contributed by atoms with E-state index in [1.807, 2.05) is 24.3 Å². The molecule has 1 saturated carbocycles. The lowest BCUT2D eigenvalue weighted by atomic mass is 9.87. The Morgan fingerprint density at radius 3 is 2.80 bits per heavy atom. The Balaban J connectivity index is 1.81. The van der Waals surface area contributed by atoms with Gasteiger partial charge in [0.05, 0.1) is 12.8 Å². The second kappa shape index (κ2) is 7.78. The standard InChI is InChI=1S/C16H25N3O/c1-20-15-10-6-5-9-14(15)19-16(17)18-12-11-13-7-3-2-4-8-13/h5-6,9-10,13H,2-4,7-8,11-12H2,1H3,(H3,17,18,19). The smallest absolute Gasteiger partial charge is 0.193 e. The number of hydrogen-bond acceptors (Lipinski definition) is 2. The third-order valence-electron chi connectivity index (χ3n) is 3.91. The van der Waals surface area contributed by atoms with E-state index in [9.17, 15) is 0 Å². The summed E-state index contributed by atoms with van der Waals surface area (Å²) in [5.41, 5.74) is 6.78. The fourth-order valence-corrected chi connectivity index (χ4v) is 2.77. The minimum Gasteiger partial charge on any atom is -0.495 e. The van der Waals surface area contributed by atoms with Crippen LogP contribution in [0, 0.1) is 5.92 Å². The minimum absolute atomic E-state index is 0.463. The first-order valence-corrected chi connectivity index (χ1v) is 7.49. The quantitative estimate of drug-likeness (QED) is 0.639. The number of nitrogens with two attached hydrogens (primary N) is 1. The Kier molecular flexibility index (Phi) is 5.71. The van der Waals surface area contributed by atoms with Crippen LogP contribution in [-0.4, -0.2) is 19.6 Å². The van der Waals surface area contributed by atoms with Crippen LogP contribution in [0.3, 0.4) is 0 Å². The fraction of sp³-hybridized carbons (Fsp3) is 0.562. The summed E-state index contributed by atoms with van der Waals surface area (Å²) < 4.78 is 5.27. The van der Waals surface area contributed by atoms with Gasteiger partial charge in [-0.2, -0.15) is 0 Å². The van der Waals surface area contributed by atoms with Gasteiger partial charge < -0.3 is 15.8 Å². The van der Waals surface area contributed by atoms with Gasteiger partial charge in [0, 0.05) is 6.54 Å². The molecule has 4 heteroatoms. The monoisotopic (exact) mass is 275 g/mol. The van der Waals surface area contributed by atoms with Crippen LogP contribution in [0.25, 0.3) is 0 Å². The summed E-state index contributed by atoms with van der Waals surface area (Å²) in [6.07, 6.45) is 8.02. The Labute approximate surface area is 121 Å². The predicted molar refractivity (Wildman–Crippen MR) is 84.3 cm³/mol. The van der Waals surface area contributed by atoms with Crippen molar-refractivity contribution >= 4 is 11.6 Å². The normalized spacial score (nSPS) is 16.9. The SMILES string of the molecule is COc1ccccc1NC(N)=NCCC1CCCCC1. The number of ether oxygens (including phenoxy) is 1. The first-order chi connectivity index (χ1) is 9.79. The second-order valence-corrected chi connectivity index (χ2v) is 5.38. The van der Waals surface area contributed by atoms with Crippen molar-refractivity contribution in [2.24, 2.45) is 16.6 Å². The maximum atomic E-state index is 5.93. The topological polar surface area (TPSA) is 59.6 Å². The van der Waals surface area contributed by atoms with Gasteiger partial charge in [0.15, 0.2) is 5.96 Å². The average molecular weight is 275 g/mol.